The molecule has 1 aromatic rings. The molecule has 4 nitrogen and oxygen atoms in total. The Hall–Kier alpha value is -1.42. The minimum atomic E-state index is -0.646. The van der Waals surface area contributed by atoms with Crippen LogP contribution in [0.3, 0.4) is 0 Å². The summed E-state index contributed by atoms with van der Waals surface area (Å²) < 4.78 is 0. The number of nitrogens with zero attached hydrogens (tertiary/aromatic N) is 2. The van der Waals surface area contributed by atoms with E-state index in [0.29, 0.717) is 6.54 Å². The van der Waals surface area contributed by atoms with Gasteiger partial charge in [0.15, 0.2) is 0 Å². The lowest BCUT2D eigenvalue weighted by Crippen LogP contribution is -2.55. The number of amides is 1. The molecule has 1 amide bonds. The highest BCUT2D eigenvalue weighted by Gasteiger charge is 2.40. The van der Waals surface area contributed by atoms with Crippen molar-refractivity contribution in [3.63, 3.8) is 0 Å². The lowest BCUT2D eigenvalue weighted by Gasteiger charge is -2.34. The number of hydrogen-bond donors (Lipinski definition) is 1. The van der Waals surface area contributed by atoms with Gasteiger partial charge in [0.25, 0.3) is 0 Å². The van der Waals surface area contributed by atoms with Crippen molar-refractivity contribution in [1.29, 1.82) is 0 Å². The summed E-state index contributed by atoms with van der Waals surface area (Å²) in [6.45, 7) is 4.66. The molecule has 1 heterocycles. The molecule has 1 fully saturated rings. The highest BCUT2D eigenvalue weighted by atomic mass is 16.2. The molecule has 1 aromatic heterocycles. The Morgan fingerprint density at radius 3 is 2.68 bits per heavy atom. The Kier molecular flexibility index (Phi) is 4.20. The molecule has 0 saturated heterocycles. The Labute approximate surface area is 115 Å². The van der Waals surface area contributed by atoms with Crippen LogP contribution in [0.2, 0.25) is 0 Å². The second-order valence-electron chi connectivity index (χ2n) is 5.75. The van der Waals surface area contributed by atoms with E-state index >= 15 is 0 Å². The highest BCUT2D eigenvalue weighted by molar-refractivity contribution is 5.86. The molecule has 1 aliphatic rings. The van der Waals surface area contributed by atoms with E-state index in [1.54, 1.807) is 12.4 Å². The van der Waals surface area contributed by atoms with E-state index in [2.05, 4.69) is 4.98 Å². The third-order valence-electron chi connectivity index (χ3n) is 3.88. The fourth-order valence-corrected chi connectivity index (χ4v) is 2.68. The van der Waals surface area contributed by atoms with E-state index in [9.17, 15) is 4.79 Å². The largest absolute Gasteiger partial charge is 0.334 e. The number of pyridine rings is 1. The number of carbonyl (C=O) groups excluding carboxylic acids is 1. The molecule has 19 heavy (non-hydrogen) atoms. The van der Waals surface area contributed by atoms with Gasteiger partial charge in [-0.25, -0.2) is 0 Å². The lowest BCUT2D eigenvalue weighted by molar-refractivity contribution is -0.139. The first-order valence-corrected chi connectivity index (χ1v) is 7.02. The number of rotatable bonds is 4. The molecule has 2 N–H and O–H groups in total. The summed E-state index contributed by atoms with van der Waals surface area (Å²) in [6.07, 6.45) is 7.28. The van der Waals surface area contributed by atoms with Crippen molar-refractivity contribution < 1.29 is 4.79 Å². The molecular formula is C15H23N3O. The topological polar surface area (TPSA) is 59.2 Å². The average Bonchev–Trinajstić information content (AvgIpc) is 2.84. The first-order chi connectivity index (χ1) is 9.03. The fraction of sp³-hybridized carbons (Fsp3) is 0.600. The Morgan fingerprint density at radius 2 is 2.16 bits per heavy atom. The normalized spacial score (nSPS) is 17.7. The van der Waals surface area contributed by atoms with E-state index in [1.807, 2.05) is 30.9 Å². The van der Waals surface area contributed by atoms with Gasteiger partial charge in [0.05, 0.1) is 5.54 Å². The van der Waals surface area contributed by atoms with Crippen LogP contribution < -0.4 is 5.73 Å². The van der Waals surface area contributed by atoms with Crippen LogP contribution in [-0.2, 0) is 11.3 Å². The first-order valence-electron chi connectivity index (χ1n) is 7.02. The molecule has 104 valence electrons. The molecule has 0 bridgehead atoms. The lowest BCUT2D eigenvalue weighted by atomic mass is 9.96. The summed E-state index contributed by atoms with van der Waals surface area (Å²) in [6, 6.07) is 4.04. The summed E-state index contributed by atoms with van der Waals surface area (Å²) in [5, 5.41) is 0. The Bertz CT molecular complexity index is 424. The van der Waals surface area contributed by atoms with Gasteiger partial charge in [-0.1, -0.05) is 18.9 Å². The molecule has 0 aromatic carbocycles. The van der Waals surface area contributed by atoms with Gasteiger partial charge < -0.3 is 10.6 Å². The summed E-state index contributed by atoms with van der Waals surface area (Å²) in [4.78, 5) is 18.7. The molecule has 0 spiro atoms. The zero-order valence-electron chi connectivity index (χ0n) is 11.8. The van der Waals surface area contributed by atoms with E-state index < -0.39 is 5.54 Å². The van der Waals surface area contributed by atoms with Crippen molar-refractivity contribution in [2.75, 3.05) is 0 Å². The molecule has 0 unspecified atom stereocenters. The van der Waals surface area contributed by atoms with Gasteiger partial charge in [0.1, 0.15) is 0 Å². The fourth-order valence-electron chi connectivity index (χ4n) is 2.68. The minimum absolute atomic E-state index is 0.0869. The van der Waals surface area contributed by atoms with E-state index in [-0.39, 0.29) is 11.9 Å². The molecule has 1 aliphatic carbocycles. The minimum Gasteiger partial charge on any atom is -0.334 e. The monoisotopic (exact) mass is 261 g/mol. The van der Waals surface area contributed by atoms with Crippen LogP contribution in [0.25, 0.3) is 0 Å². The van der Waals surface area contributed by atoms with Crippen LogP contribution in [0.1, 0.15) is 45.1 Å². The summed E-state index contributed by atoms with van der Waals surface area (Å²) in [5.41, 5.74) is 6.69. The van der Waals surface area contributed by atoms with Crippen molar-refractivity contribution in [1.82, 2.24) is 9.88 Å². The van der Waals surface area contributed by atoms with Crippen LogP contribution in [0.4, 0.5) is 0 Å². The number of nitrogens with two attached hydrogens (primary N) is 1. The van der Waals surface area contributed by atoms with Gasteiger partial charge in [-0.05, 0) is 38.3 Å². The van der Waals surface area contributed by atoms with Gasteiger partial charge >= 0.3 is 0 Å². The van der Waals surface area contributed by atoms with Gasteiger partial charge in [0, 0.05) is 25.0 Å². The predicted molar refractivity (Wildman–Crippen MR) is 75.3 cm³/mol. The average molecular weight is 261 g/mol. The summed E-state index contributed by atoms with van der Waals surface area (Å²) >= 11 is 0. The second-order valence-corrected chi connectivity index (χ2v) is 5.75. The maximum atomic E-state index is 12.7. The van der Waals surface area contributed by atoms with Gasteiger partial charge in [-0.3, -0.25) is 9.78 Å². The maximum absolute atomic E-state index is 12.7. The van der Waals surface area contributed by atoms with Crippen molar-refractivity contribution in [2.24, 2.45) is 5.73 Å². The standard InChI is InChI=1S/C15H23N3O/c1-12(2)18(11-13-6-5-9-17-10-13)14(19)15(16)7-3-4-8-15/h5-6,9-10,12H,3-4,7-8,11,16H2,1-2H3. The van der Waals surface area contributed by atoms with Crippen molar-refractivity contribution in [3.05, 3.63) is 30.1 Å². The second kappa shape index (κ2) is 5.70. The SMILES string of the molecule is CC(C)N(Cc1cccnc1)C(=O)C1(N)CCCC1. The highest BCUT2D eigenvalue weighted by Crippen LogP contribution is 2.30. The number of hydrogen-bond acceptors (Lipinski definition) is 3. The quantitative estimate of drug-likeness (QED) is 0.903. The first kappa shape index (κ1) is 14.0. The molecule has 2 rings (SSSR count). The Morgan fingerprint density at radius 1 is 1.47 bits per heavy atom. The number of carbonyl (C=O) groups is 1. The third-order valence-corrected chi connectivity index (χ3v) is 3.88. The zero-order chi connectivity index (χ0) is 13.9. The van der Waals surface area contributed by atoms with Crippen molar-refractivity contribution in [3.8, 4) is 0 Å². The molecule has 0 aliphatic heterocycles. The van der Waals surface area contributed by atoms with Crippen LogP contribution in [0, 0.1) is 0 Å². The van der Waals surface area contributed by atoms with Crippen LogP contribution in [0.5, 0.6) is 0 Å². The molecule has 4 heteroatoms. The summed E-state index contributed by atoms with van der Waals surface area (Å²) in [5.74, 6) is 0.0869. The predicted octanol–water partition coefficient (Wildman–Crippen LogP) is 2.09. The molecular weight excluding hydrogens is 238 g/mol. The van der Waals surface area contributed by atoms with Crippen LogP contribution in [0.15, 0.2) is 24.5 Å². The van der Waals surface area contributed by atoms with Crippen LogP contribution in [-0.4, -0.2) is 27.4 Å². The third kappa shape index (κ3) is 3.13. The maximum Gasteiger partial charge on any atom is 0.243 e. The molecule has 1 saturated carbocycles. The molecule has 0 radical (unpaired) electrons. The van der Waals surface area contributed by atoms with Crippen molar-refractivity contribution in [2.45, 2.75) is 57.7 Å². The van der Waals surface area contributed by atoms with E-state index in [4.69, 9.17) is 5.73 Å². The van der Waals surface area contributed by atoms with E-state index in [0.717, 1.165) is 31.2 Å². The Balaban J connectivity index is 2.14. The van der Waals surface area contributed by atoms with Gasteiger partial charge in [-0.2, -0.15) is 0 Å². The van der Waals surface area contributed by atoms with Crippen molar-refractivity contribution >= 4 is 5.91 Å². The van der Waals surface area contributed by atoms with Gasteiger partial charge in [0.2, 0.25) is 5.91 Å². The van der Waals surface area contributed by atoms with E-state index in [1.165, 1.54) is 0 Å². The number of aromatic nitrogens is 1. The van der Waals surface area contributed by atoms with Crippen LogP contribution >= 0.6 is 0 Å². The zero-order valence-corrected chi connectivity index (χ0v) is 11.8. The molecule has 0 atom stereocenters. The smallest absolute Gasteiger partial charge is 0.243 e. The van der Waals surface area contributed by atoms with Gasteiger partial charge in [-0.15, -0.1) is 0 Å². The summed E-state index contributed by atoms with van der Waals surface area (Å²) in [7, 11) is 0.